The van der Waals surface area contributed by atoms with Crippen LogP contribution < -0.4 is 10.8 Å². The molecular weight excluding hydrogens is 256 g/mol. The van der Waals surface area contributed by atoms with Gasteiger partial charge in [-0.05, 0) is 55.4 Å². The Hall–Kier alpha value is -1.88. The fourth-order valence-corrected chi connectivity index (χ4v) is 3.40. The predicted molar refractivity (Wildman–Crippen MR) is 72.4 cm³/mol. The molecule has 5 heteroatoms. The van der Waals surface area contributed by atoms with Crippen LogP contribution in [0.1, 0.15) is 40.7 Å². The zero-order valence-electron chi connectivity index (χ0n) is 11.2. The van der Waals surface area contributed by atoms with Crippen LogP contribution in [0.5, 0.6) is 0 Å². The molecule has 3 rings (SSSR count). The molecule has 1 fully saturated rings. The zero-order chi connectivity index (χ0) is 14.2. The summed E-state index contributed by atoms with van der Waals surface area (Å²) in [7, 11) is 0. The molecule has 1 aromatic carbocycles. The van der Waals surface area contributed by atoms with Crippen molar-refractivity contribution in [2.45, 2.75) is 32.1 Å². The quantitative estimate of drug-likeness (QED) is 0.531. The maximum Gasteiger partial charge on any atom is 0.274 e. The van der Waals surface area contributed by atoms with E-state index in [1.807, 2.05) is 12.1 Å². The van der Waals surface area contributed by atoms with Gasteiger partial charge in [-0.25, -0.2) is 5.48 Å². The summed E-state index contributed by atoms with van der Waals surface area (Å²) in [6, 6.07) is 5.42. The number of hydrogen-bond acceptors (Lipinski definition) is 3. The first-order valence-electron chi connectivity index (χ1n) is 6.99. The number of benzene rings is 1. The lowest BCUT2D eigenvalue weighted by atomic mass is 9.67. The van der Waals surface area contributed by atoms with Crippen molar-refractivity contribution >= 4 is 11.8 Å². The first-order valence-corrected chi connectivity index (χ1v) is 6.99. The third-order valence-corrected chi connectivity index (χ3v) is 4.57. The number of amides is 2. The Morgan fingerprint density at radius 1 is 1.30 bits per heavy atom. The van der Waals surface area contributed by atoms with Crippen molar-refractivity contribution in [3.8, 4) is 0 Å². The van der Waals surface area contributed by atoms with Gasteiger partial charge in [-0.1, -0.05) is 6.07 Å². The van der Waals surface area contributed by atoms with Crippen LogP contribution >= 0.6 is 0 Å². The van der Waals surface area contributed by atoms with E-state index < -0.39 is 5.91 Å². The molecule has 0 radical (unpaired) electrons. The van der Waals surface area contributed by atoms with Gasteiger partial charge in [0.1, 0.15) is 0 Å². The van der Waals surface area contributed by atoms with Crippen LogP contribution in [0.15, 0.2) is 18.2 Å². The van der Waals surface area contributed by atoms with Gasteiger partial charge in [-0.15, -0.1) is 0 Å². The van der Waals surface area contributed by atoms with Crippen molar-refractivity contribution in [1.82, 2.24) is 10.8 Å². The monoisotopic (exact) mass is 274 g/mol. The van der Waals surface area contributed by atoms with E-state index in [9.17, 15) is 9.59 Å². The first-order chi connectivity index (χ1) is 9.64. The highest BCUT2D eigenvalue weighted by atomic mass is 16.5. The molecule has 106 valence electrons. The Morgan fingerprint density at radius 3 is 2.90 bits per heavy atom. The minimum absolute atomic E-state index is 0.173. The third kappa shape index (κ3) is 2.08. The molecule has 1 aliphatic carbocycles. The van der Waals surface area contributed by atoms with E-state index in [-0.39, 0.29) is 11.3 Å². The molecule has 1 heterocycles. The van der Waals surface area contributed by atoms with Gasteiger partial charge in [-0.3, -0.25) is 14.8 Å². The Kier molecular flexibility index (Phi) is 3.22. The average molecular weight is 274 g/mol. The molecule has 1 aliphatic heterocycles. The van der Waals surface area contributed by atoms with E-state index in [2.05, 4.69) is 5.32 Å². The standard InChI is InChI=1S/C15H18N2O3/c18-13(17-20)11-2-3-12-9-15(6-4-10(12)8-11)5-1-7-16-14(15)19/h2-3,8,20H,1,4-7,9H2,(H,16,19)(H,17,18). The topological polar surface area (TPSA) is 78.4 Å². The van der Waals surface area contributed by atoms with Gasteiger partial charge in [0.15, 0.2) is 0 Å². The SMILES string of the molecule is O=C(NO)c1ccc2c(c1)CCC1(CCCNC1=O)C2. The largest absolute Gasteiger partial charge is 0.356 e. The summed E-state index contributed by atoms with van der Waals surface area (Å²) in [5.74, 6) is -0.324. The van der Waals surface area contributed by atoms with Crippen molar-refractivity contribution in [2.75, 3.05) is 6.54 Å². The Morgan fingerprint density at radius 2 is 2.15 bits per heavy atom. The average Bonchev–Trinajstić information content (AvgIpc) is 2.49. The van der Waals surface area contributed by atoms with E-state index in [0.717, 1.165) is 49.8 Å². The molecule has 5 nitrogen and oxygen atoms in total. The Labute approximate surface area is 117 Å². The molecule has 1 unspecified atom stereocenters. The zero-order valence-corrected chi connectivity index (χ0v) is 11.2. The van der Waals surface area contributed by atoms with Gasteiger partial charge in [0, 0.05) is 12.1 Å². The van der Waals surface area contributed by atoms with Gasteiger partial charge in [0.2, 0.25) is 5.91 Å². The van der Waals surface area contributed by atoms with Crippen LogP contribution in [0.4, 0.5) is 0 Å². The van der Waals surface area contributed by atoms with Crippen LogP contribution in [0.25, 0.3) is 0 Å². The molecule has 0 aromatic heterocycles. The minimum atomic E-state index is -0.497. The number of hydroxylamine groups is 1. The number of nitrogens with one attached hydrogen (secondary N) is 2. The third-order valence-electron chi connectivity index (χ3n) is 4.57. The van der Waals surface area contributed by atoms with Crippen molar-refractivity contribution in [1.29, 1.82) is 0 Å². The predicted octanol–water partition coefficient (Wildman–Crippen LogP) is 1.19. The number of carbonyl (C=O) groups excluding carboxylic acids is 2. The number of carbonyl (C=O) groups is 2. The fourth-order valence-electron chi connectivity index (χ4n) is 3.40. The summed E-state index contributed by atoms with van der Waals surface area (Å²) < 4.78 is 0. The van der Waals surface area contributed by atoms with Crippen molar-refractivity contribution in [2.24, 2.45) is 5.41 Å². The molecule has 20 heavy (non-hydrogen) atoms. The highest BCUT2D eigenvalue weighted by Gasteiger charge is 2.42. The van der Waals surface area contributed by atoms with Crippen LogP contribution in [0.3, 0.4) is 0 Å². The minimum Gasteiger partial charge on any atom is -0.356 e. The van der Waals surface area contributed by atoms with Crippen LogP contribution in [-0.2, 0) is 17.6 Å². The highest BCUT2D eigenvalue weighted by molar-refractivity contribution is 5.93. The summed E-state index contributed by atoms with van der Waals surface area (Å²) in [4.78, 5) is 23.6. The van der Waals surface area contributed by atoms with Gasteiger partial charge < -0.3 is 5.32 Å². The lowest BCUT2D eigenvalue weighted by molar-refractivity contribution is -0.134. The number of hydrogen-bond donors (Lipinski definition) is 3. The smallest absolute Gasteiger partial charge is 0.274 e. The van der Waals surface area contributed by atoms with Crippen molar-refractivity contribution < 1.29 is 14.8 Å². The van der Waals surface area contributed by atoms with Crippen LogP contribution in [0, 0.1) is 5.41 Å². The highest BCUT2D eigenvalue weighted by Crippen LogP contribution is 2.41. The number of fused-ring (bicyclic) bond motifs is 1. The van der Waals surface area contributed by atoms with E-state index >= 15 is 0 Å². The van der Waals surface area contributed by atoms with Crippen molar-refractivity contribution in [3.05, 3.63) is 34.9 Å². The second-order valence-corrected chi connectivity index (χ2v) is 5.74. The normalized spacial score (nSPS) is 24.9. The molecule has 1 saturated heterocycles. The van der Waals surface area contributed by atoms with E-state index in [1.54, 1.807) is 11.5 Å². The molecule has 1 spiro atoms. The molecule has 2 aliphatic rings. The van der Waals surface area contributed by atoms with Crippen molar-refractivity contribution in [3.63, 3.8) is 0 Å². The summed E-state index contributed by atoms with van der Waals surface area (Å²) in [6.07, 6.45) is 4.35. The second kappa shape index (κ2) is 4.90. The van der Waals surface area contributed by atoms with Gasteiger partial charge in [-0.2, -0.15) is 0 Å². The Bertz CT molecular complexity index is 570. The molecule has 1 atom stereocenters. The number of piperidine rings is 1. The van der Waals surface area contributed by atoms with Gasteiger partial charge in [0.25, 0.3) is 5.91 Å². The fraction of sp³-hybridized carbons (Fsp3) is 0.467. The maximum absolute atomic E-state index is 12.2. The Balaban J connectivity index is 1.89. The van der Waals surface area contributed by atoms with Gasteiger partial charge in [0.05, 0.1) is 5.41 Å². The maximum atomic E-state index is 12.2. The van der Waals surface area contributed by atoms with Gasteiger partial charge >= 0.3 is 0 Å². The lowest BCUT2D eigenvalue weighted by Crippen LogP contribution is -2.48. The van der Waals surface area contributed by atoms with Crippen LogP contribution in [-0.4, -0.2) is 23.6 Å². The summed E-state index contributed by atoms with van der Waals surface area (Å²) in [5, 5.41) is 11.6. The first kappa shape index (κ1) is 13.1. The van der Waals surface area contributed by atoms with E-state index in [0.29, 0.717) is 5.56 Å². The summed E-state index contributed by atoms with van der Waals surface area (Å²) in [6.45, 7) is 0.781. The summed E-state index contributed by atoms with van der Waals surface area (Å²) >= 11 is 0. The molecule has 0 bridgehead atoms. The molecule has 3 N–H and O–H groups in total. The van der Waals surface area contributed by atoms with Crippen LogP contribution in [0.2, 0.25) is 0 Å². The summed E-state index contributed by atoms with van der Waals surface area (Å²) in [5.41, 5.74) is 4.09. The molecular formula is C15H18N2O3. The molecule has 1 aromatic rings. The van der Waals surface area contributed by atoms with E-state index in [4.69, 9.17) is 5.21 Å². The molecule has 2 amide bonds. The number of rotatable bonds is 1. The number of aryl methyl sites for hydroxylation is 1. The van der Waals surface area contributed by atoms with E-state index in [1.165, 1.54) is 0 Å². The second-order valence-electron chi connectivity index (χ2n) is 5.74. The molecule has 0 saturated carbocycles. The lowest BCUT2D eigenvalue weighted by Gasteiger charge is -2.39.